The number of nitrogens with zero attached hydrogens (tertiary/aromatic N) is 1. The van der Waals surface area contributed by atoms with Gasteiger partial charge in [-0.05, 0) is 58.3 Å². The Bertz CT molecular complexity index is 590. The molecule has 7 nitrogen and oxygen atoms in total. The van der Waals surface area contributed by atoms with Gasteiger partial charge in [0.15, 0.2) is 0 Å². The molecule has 10 atom stereocenters. The smallest absolute Gasteiger partial charge is 0.311 e. The largest absolute Gasteiger partial charge is 0.459 e. The molecular weight excluding hydrogens is 513 g/mol. The minimum Gasteiger partial charge on any atom is -0.459 e. The van der Waals surface area contributed by atoms with E-state index in [0.29, 0.717) is 13.0 Å². The molecule has 1 unspecified atom stereocenters. The van der Waals surface area contributed by atoms with E-state index in [1.54, 1.807) is 21.0 Å². The Hall–Kier alpha value is -0.000000000000000153. The lowest BCUT2D eigenvalue weighted by Crippen LogP contribution is -2.58. The van der Waals surface area contributed by atoms with Crippen LogP contribution in [0.4, 0.5) is 0 Å². The van der Waals surface area contributed by atoms with Crippen molar-refractivity contribution in [3.05, 3.63) is 0 Å². The van der Waals surface area contributed by atoms with Gasteiger partial charge in [-0.15, -0.1) is 0 Å². The lowest BCUT2D eigenvalue weighted by Gasteiger charge is -2.42. The SMILES string of the molecule is CC[C@H]1OC(=O)[C@H](C)C(O)[C@H](C)[C@@H](C)[C@](C)(OC)C[C@@H](C)CN(I)[C@H](C)[C@@H](O)[C@]1(C)O. The first kappa shape index (κ1) is 29.0. The van der Waals surface area contributed by atoms with Gasteiger partial charge in [-0.3, -0.25) is 4.79 Å². The molecule has 1 fully saturated rings. The average Bonchev–Trinajstić information content (AvgIpc) is 2.72. The number of aliphatic hydroxyl groups is 3. The number of rotatable bonds is 2. The number of ether oxygens (including phenoxy) is 2. The number of aliphatic hydroxyl groups excluding tert-OH is 2. The zero-order valence-electron chi connectivity index (χ0n) is 20.6. The van der Waals surface area contributed by atoms with Gasteiger partial charge in [0.2, 0.25) is 0 Å². The maximum atomic E-state index is 12.9. The predicted molar refractivity (Wildman–Crippen MR) is 130 cm³/mol. The highest BCUT2D eigenvalue weighted by atomic mass is 127. The summed E-state index contributed by atoms with van der Waals surface area (Å²) in [6.07, 6.45) is -1.86. The van der Waals surface area contributed by atoms with E-state index in [1.807, 2.05) is 30.8 Å². The van der Waals surface area contributed by atoms with Crippen LogP contribution in [0.2, 0.25) is 0 Å². The average molecular weight is 558 g/mol. The van der Waals surface area contributed by atoms with Crippen molar-refractivity contribution in [3.8, 4) is 0 Å². The van der Waals surface area contributed by atoms with Crippen LogP contribution in [0.5, 0.6) is 0 Å². The van der Waals surface area contributed by atoms with Gasteiger partial charge in [-0.1, -0.05) is 27.7 Å². The molecule has 0 aliphatic carbocycles. The summed E-state index contributed by atoms with van der Waals surface area (Å²) in [4.78, 5) is 12.9. The van der Waals surface area contributed by atoms with Crippen LogP contribution >= 0.6 is 22.9 Å². The highest BCUT2D eigenvalue weighted by Crippen LogP contribution is 2.38. The van der Waals surface area contributed by atoms with Crippen molar-refractivity contribution in [3.63, 3.8) is 0 Å². The number of carbonyl (C=O) groups is 1. The van der Waals surface area contributed by atoms with Crippen LogP contribution in [0.25, 0.3) is 0 Å². The van der Waals surface area contributed by atoms with Crippen molar-refractivity contribution in [1.29, 1.82) is 0 Å². The van der Waals surface area contributed by atoms with Crippen LogP contribution in [0.3, 0.4) is 0 Å². The Labute approximate surface area is 202 Å². The van der Waals surface area contributed by atoms with Crippen molar-refractivity contribution in [2.45, 2.75) is 104 Å². The summed E-state index contributed by atoms with van der Waals surface area (Å²) in [6, 6.07) is -0.371. The number of halogens is 1. The van der Waals surface area contributed by atoms with Gasteiger partial charge in [-0.25, -0.2) is 3.11 Å². The van der Waals surface area contributed by atoms with E-state index in [0.717, 1.165) is 6.42 Å². The van der Waals surface area contributed by atoms with Crippen LogP contribution in [-0.2, 0) is 14.3 Å². The fraction of sp³-hybridized carbons (Fsp3) is 0.957. The zero-order valence-corrected chi connectivity index (χ0v) is 22.8. The van der Waals surface area contributed by atoms with Crippen LogP contribution in [0.1, 0.15) is 68.2 Å². The van der Waals surface area contributed by atoms with Crippen molar-refractivity contribution >= 4 is 28.8 Å². The van der Waals surface area contributed by atoms with E-state index in [-0.39, 0.29) is 23.8 Å². The Morgan fingerprint density at radius 1 is 1.19 bits per heavy atom. The van der Waals surface area contributed by atoms with Gasteiger partial charge in [0, 0.05) is 42.6 Å². The lowest BCUT2D eigenvalue weighted by molar-refractivity contribution is -0.191. The van der Waals surface area contributed by atoms with Gasteiger partial charge >= 0.3 is 5.97 Å². The maximum Gasteiger partial charge on any atom is 0.311 e. The lowest BCUT2D eigenvalue weighted by atomic mass is 9.72. The van der Waals surface area contributed by atoms with Crippen molar-refractivity contribution in [2.75, 3.05) is 13.7 Å². The summed E-state index contributed by atoms with van der Waals surface area (Å²) in [5, 5.41) is 33.2. The maximum absolute atomic E-state index is 12.9. The number of methoxy groups -OCH3 is 1. The summed E-state index contributed by atoms with van der Waals surface area (Å²) in [7, 11) is 1.69. The second kappa shape index (κ2) is 11.4. The van der Waals surface area contributed by atoms with Crippen molar-refractivity contribution < 1.29 is 29.6 Å². The van der Waals surface area contributed by atoms with Crippen LogP contribution in [0.15, 0.2) is 0 Å². The molecule has 0 radical (unpaired) electrons. The Morgan fingerprint density at radius 2 is 1.74 bits per heavy atom. The molecule has 1 saturated heterocycles. The second-order valence-electron chi connectivity index (χ2n) is 10.1. The Kier molecular flexibility index (Phi) is 10.7. The molecule has 31 heavy (non-hydrogen) atoms. The molecule has 3 N–H and O–H groups in total. The minimum atomic E-state index is -1.64. The molecule has 0 spiro atoms. The van der Waals surface area contributed by atoms with E-state index in [1.165, 1.54) is 6.92 Å². The predicted octanol–water partition coefficient (Wildman–Crippen LogP) is 3.17. The van der Waals surface area contributed by atoms with Crippen molar-refractivity contribution in [1.82, 2.24) is 3.11 Å². The van der Waals surface area contributed by atoms with Gasteiger partial charge in [0.05, 0.1) is 17.6 Å². The number of esters is 1. The third-order valence-electron chi connectivity index (χ3n) is 7.66. The zero-order chi connectivity index (χ0) is 24.3. The van der Waals surface area contributed by atoms with E-state index in [9.17, 15) is 20.1 Å². The van der Waals surface area contributed by atoms with Crippen LogP contribution < -0.4 is 0 Å². The molecule has 0 aromatic heterocycles. The fourth-order valence-corrected chi connectivity index (χ4v) is 5.79. The summed E-state index contributed by atoms with van der Waals surface area (Å²) in [5.74, 6) is -1.36. The Balaban J connectivity index is 3.41. The molecule has 0 aromatic rings. The van der Waals surface area contributed by atoms with Gasteiger partial charge in [0.1, 0.15) is 17.8 Å². The normalized spacial score (nSPS) is 47.3. The van der Waals surface area contributed by atoms with Gasteiger partial charge in [0.25, 0.3) is 0 Å². The summed E-state index contributed by atoms with van der Waals surface area (Å²) in [6.45, 7) is 15.7. The molecule has 1 aliphatic heterocycles. The third-order valence-corrected chi connectivity index (χ3v) is 8.93. The topological polar surface area (TPSA) is 99.5 Å². The van der Waals surface area contributed by atoms with Gasteiger partial charge < -0.3 is 24.8 Å². The molecule has 0 saturated carbocycles. The van der Waals surface area contributed by atoms with Crippen LogP contribution in [0, 0.1) is 23.7 Å². The molecule has 0 amide bonds. The molecule has 0 aromatic carbocycles. The monoisotopic (exact) mass is 557 g/mol. The first-order valence-corrected chi connectivity index (χ1v) is 12.4. The van der Waals surface area contributed by atoms with Crippen molar-refractivity contribution in [2.24, 2.45) is 23.7 Å². The summed E-state index contributed by atoms with van der Waals surface area (Å²) in [5.41, 5.74) is -2.14. The number of hydrogen-bond donors (Lipinski definition) is 3. The third kappa shape index (κ3) is 6.53. The van der Waals surface area contributed by atoms with E-state index < -0.39 is 41.4 Å². The summed E-state index contributed by atoms with van der Waals surface area (Å²) >= 11 is 2.19. The first-order valence-electron chi connectivity index (χ1n) is 11.4. The highest BCUT2D eigenvalue weighted by Gasteiger charge is 2.47. The fourth-order valence-electron chi connectivity index (χ4n) is 4.82. The second-order valence-corrected chi connectivity index (χ2v) is 11.3. The van der Waals surface area contributed by atoms with E-state index >= 15 is 0 Å². The van der Waals surface area contributed by atoms with E-state index in [2.05, 4.69) is 29.8 Å². The summed E-state index contributed by atoms with van der Waals surface area (Å²) < 4.78 is 13.6. The molecule has 1 aliphatic rings. The van der Waals surface area contributed by atoms with Gasteiger partial charge in [-0.2, -0.15) is 0 Å². The highest BCUT2D eigenvalue weighted by molar-refractivity contribution is 14.1. The van der Waals surface area contributed by atoms with E-state index in [4.69, 9.17) is 9.47 Å². The number of carbonyl (C=O) groups excluding carboxylic acids is 1. The first-order chi connectivity index (χ1) is 14.1. The Morgan fingerprint density at radius 3 is 2.23 bits per heavy atom. The number of cyclic esters (lactones) is 1. The molecule has 8 heteroatoms. The quantitative estimate of drug-likeness (QED) is 0.273. The molecule has 184 valence electrons. The standard InChI is InChI=1S/C23H44INO6/c1-10-18-23(8,29)20(27)17(6)25(24)12-13(2)11-22(7,30-9)16(5)14(3)19(26)15(4)21(28)31-18/h13-20,26-27,29H,10-12H2,1-9H3/t13-,14-,15-,16-,17-,18-,19?,20-,22-,23-/m1/s1. The molecule has 1 heterocycles. The molecule has 0 bridgehead atoms. The molecule has 1 rings (SSSR count). The minimum absolute atomic E-state index is 0.0221. The van der Waals surface area contributed by atoms with Crippen LogP contribution in [-0.4, -0.2) is 73.6 Å². The molecular formula is C23H44INO6. The number of hydrogen-bond acceptors (Lipinski definition) is 7.